The van der Waals surface area contributed by atoms with Crippen LogP contribution in [0.15, 0.2) is 17.0 Å². The number of alkyl halides is 2. The highest BCUT2D eigenvalue weighted by atomic mass is 79.9. The van der Waals surface area contributed by atoms with Gasteiger partial charge < -0.3 is 0 Å². The van der Waals surface area contributed by atoms with Crippen molar-refractivity contribution in [2.45, 2.75) is 32.6 Å². The van der Waals surface area contributed by atoms with E-state index in [1.807, 2.05) is 20.8 Å². The van der Waals surface area contributed by atoms with Crippen molar-refractivity contribution < 1.29 is 8.78 Å². The van der Waals surface area contributed by atoms with E-state index in [2.05, 4.69) is 25.9 Å². The Balaban J connectivity index is 2.66. The van der Waals surface area contributed by atoms with E-state index < -0.39 is 6.43 Å². The molecule has 0 fully saturated rings. The van der Waals surface area contributed by atoms with Crippen LogP contribution in [0, 0.1) is 0 Å². The fraction of sp³-hybridized carbons (Fsp3) is 0.455. The van der Waals surface area contributed by atoms with Gasteiger partial charge in [-0.3, -0.25) is 4.40 Å². The smallest absolute Gasteiger partial charge is 0.277 e. The molecule has 92 valence electrons. The van der Waals surface area contributed by atoms with Gasteiger partial charge in [0.1, 0.15) is 22.3 Å². The number of aromatic nitrogens is 3. The predicted molar refractivity (Wildman–Crippen MR) is 64.3 cm³/mol. The number of imidazole rings is 1. The SMILES string of the molecule is CC(C)(C)c1nc2cc(C(F)F)ncn2c1Br. The monoisotopic (exact) mass is 303 g/mol. The first-order chi connectivity index (χ1) is 7.80. The summed E-state index contributed by atoms with van der Waals surface area (Å²) in [5.41, 5.74) is 0.892. The zero-order valence-corrected chi connectivity index (χ0v) is 11.3. The maximum Gasteiger partial charge on any atom is 0.280 e. The van der Waals surface area contributed by atoms with Crippen LogP contribution in [0.5, 0.6) is 0 Å². The molecule has 2 aromatic heterocycles. The lowest BCUT2D eigenvalue weighted by Crippen LogP contribution is -2.12. The zero-order chi connectivity index (χ0) is 12.8. The van der Waals surface area contributed by atoms with Crippen molar-refractivity contribution >= 4 is 21.6 Å². The minimum atomic E-state index is -2.58. The summed E-state index contributed by atoms with van der Waals surface area (Å²) in [6.45, 7) is 6.04. The van der Waals surface area contributed by atoms with Gasteiger partial charge in [0, 0.05) is 11.5 Å². The summed E-state index contributed by atoms with van der Waals surface area (Å²) in [4.78, 5) is 8.07. The second kappa shape index (κ2) is 4.01. The van der Waals surface area contributed by atoms with Crippen molar-refractivity contribution in [3.8, 4) is 0 Å². The van der Waals surface area contributed by atoms with Crippen LogP contribution in [-0.2, 0) is 5.41 Å². The number of nitrogens with zero attached hydrogens (tertiary/aromatic N) is 3. The molecule has 2 heterocycles. The second-order valence-corrected chi connectivity index (χ2v) is 5.60. The summed E-state index contributed by atoms with van der Waals surface area (Å²) in [5, 5.41) is 0. The maximum absolute atomic E-state index is 12.5. The Morgan fingerprint density at radius 3 is 2.53 bits per heavy atom. The van der Waals surface area contributed by atoms with Gasteiger partial charge in [-0.25, -0.2) is 18.7 Å². The van der Waals surface area contributed by atoms with E-state index in [0.29, 0.717) is 5.65 Å². The molecule has 3 nitrogen and oxygen atoms in total. The topological polar surface area (TPSA) is 30.2 Å². The van der Waals surface area contributed by atoms with Gasteiger partial charge in [0.25, 0.3) is 6.43 Å². The van der Waals surface area contributed by atoms with Crippen LogP contribution in [0.4, 0.5) is 8.78 Å². The number of rotatable bonds is 1. The van der Waals surface area contributed by atoms with Gasteiger partial charge in [-0.2, -0.15) is 0 Å². The summed E-state index contributed by atoms with van der Waals surface area (Å²) in [5.74, 6) is 0. The third kappa shape index (κ3) is 2.18. The Labute approximate surface area is 106 Å². The molecule has 2 rings (SSSR count). The Morgan fingerprint density at radius 1 is 1.35 bits per heavy atom. The number of halogens is 3. The van der Waals surface area contributed by atoms with Gasteiger partial charge in [0.2, 0.25) is 0 Å². The largest absolute Gasteiger partial charge is 0.280 e. The Morgan fingerprint density at radius 2 is 2.00 bits per heavy atom. The predicted octanol–water partition coefficient (Wildman–Crippen LogP) is 3.73. The Bertz CT molecular complexity index is 558. The Kier molecular flexibility index (Phi) is 2.93. The van der Waals surface area contributed by atoms with Crippen LogP contribution >= 0.6 is 15.9 Å². The van der Waals surface area contributed by atoms with Gasteiger partial charge in [-0.1, -0.05) is 20.8 Å². The van der Waals surface area contributed by atoms with Crippen molar-refractivity contribution in [1.82, 2.24) is 14.4 Å². The zero-order valence-electron chi connectivity index (χ0n) is 9.71. The van der Waals surface area contributed by atoms with Crippen molar-refractivity contribution in [3.63, 3.8) is 0 Å². The molecule has 0 unspecified atom stereocenters. The molecule has 0 spiro atoms. The van der Waals surface area contributed by atoms with E-state index in [1.165, 1.54) is 12.4 Å². The van der Waals surface area contributed by atoms with E-state index in [0.717, 1.165) is 10.3 Å². The minimum absolute atomic E-state index is 0.157. The van der Waals surface area contributed by atoms with E-state index in [1.54, 1.807) is 4.40 Å². The highest BCUT2D eigenvalue weighted by Gasteiger charge is 2.23. The van der Waals surface area contributed by atoms with Crippen molar-refractivity contribution in [2.24, 2.45) is 0 Å². The summed E-state index contributed by atoms with van der Waals surface area (Å²) in [6, 6.07) is 1.31. The van der Waals surface area contributed by atoms with Gasteiger partial charge in [-0.15, -0.1) is 0 Å². The van der Waals surface area contributed by atoms with Crippen molar-refractivity contribution in [3.05, 3.63) is 28.4 Å². The van der Waals surface area contributed by atoms with Crippen LogP contribution in [0.3, 0.4) is 0 Å². The molecule has 17 heavy (non-hydrogen) atoms. The quantitative estimate of drug-likeness (QED) is 0.803. The highest BCUT2D eigenvalue weighted by Crippen LogP contribution is 2.30. The summed E-state index contributed by atoms with van der Waals surface area (Å²) in [6.07, 6.45) is -1.21. The van der Waals surface area contributed by atoms with Gasteiger partial charge in [-0.05, 0) is 15.9 Å². The lowest BCUT2D eigenvalue weighted by molar-refractivity contribution is 0.146. The first kappa shape index (κ1) is 12.4. The third-order valence-corrected chi connectivity index (χ3v) is 3.17. The van der Waals surface area contributed by atoms with Crippen LogP contribution < -0.4 is 0 Å². The van der Waals surface area contributed by atoms with Gasteiger partial charge in [0.15, 0.2) is 0 Å². The first-order valence-corrected chi connectivity index (χ1v) is 5.92. The van der Waals surface area contributed by atoms with E-state index in [-0.39, 0.29) is 11.1 Å². The molecule has 0 aromatic carbocycles. The van der Waals surface area contributed by atoms with Gasteiger partial charge >= 0.3 is 0 Å². The molecule has 0 atom stereocenters. The first-order valence-electron chi connectivity index (χ1n) is 5.13. The van der Waals surface area contributed by atoms with Crippen molar-refractivity contribution in [1.29, 1.82) is 0 Å². The normalized spacial score (nSPS) is 12.6. The molecule has 0 aliphatic heterocycles. The molecule has 0 bridgehead atoms. The van der Waals surface area contributed by atoms with Crippen LogP contribution in [0.25, 0.3) is 5.65 Å². The number of hydrogen-bond donors (Lipinski definition) is 0. The molecule has 0 aliphatic carbocycles. The molecular formula is C11H12BrF2N3. The fourth-order valence-electron chi connectivity index (χ4n) is 1.53. The summed E-state index contributed by atoms with van der Waals surface area (Å²) in [7, 11) is 0. The molecule has 6 heteroatoms. The number of fused-ring (bicyclic) bond motifs is 1. The van der Waals surface area contributed by atoms with E-state index >= 15 is 0 Å². The van der Waals surface area contributed by atoms with Crippen molar-refractivity contribution in [2.75, 3.05) is 0 Å². The number of hydrogen-bond acceptors (Lipinski definition) is 2. The molecule has 0 amide bonds. The molecular weight excluding hydrogens is 292 g/mol. The van der Waals surface area contributed by atoms with E-state index in [9.17, 15) is 8.78 Å². The molecule has 2 aromatic rings. The molecule has 0 radical (unpaired) electrons. The van der Waals surface area contributed by atoms with Gasteiger partial charge in [0.05, 0.1) is 5.69 Å². The molecule has 0 saturated carbocycles. The van der Waals surface area contributed by atoms with E-state index in [4.69, 9.17) is 0 Å². The average molecular weight is 304 g/mol. The lowest BCUT2D eigenvalue weighted by atomic mass is 9.93. The highest BCUT2D eigenvalue weighted by molar-refractivity contribution is 9.10. The molecule has 0 aliphatic rings. The standard InChI is InChI=1S/C11H12BrF2N3/c1-11(2,3)8-9(12)17-5-15-6(10(13)14)4-7(17)16-8/h4-5,10H,1-3H3. The maximum atomic E-state index is 12.5. The Hall–Kier alpha value is -1.04. The van der Waals surface area contributed by atoms with Crippen LogP contribution in [0.2, 0.25) is 0 Å². The lowest BCUT2D eigenvalue weighted by Gasteiger charge is -2.15. The minimum Gasteiger partial charge on any atom is -0.277 e. The summed E-state index contributed by atoms with van der Waals surface area (Å²) < 4.78 is 27.5. The van der Waals surface area contributed by atoms with Crippen LogP contribution in [0.1, 0.15) is 38.6 Å². The molecule has 0 N–H and O–H groups in total. The average Bonchev–Trinajstić information content (AvgIpc) is 2.55. The summed E-state index contributed by atoms with van der Waals surface area (Å²) >= 11 is 3.42. The van der Waals surface area contributed by atoms with Crippen LogP contribution in [-0.4, -0.2) is 14.4 Å². The third-order valence-electron chi connectivity index (χ3n) is 2.41. The molecule has 0 saturated heterocycles. The fourth-order valence-corrected chi connectivity index (χ4v) is 2.49. The second-order valence-electron chi connectivity index (χ2n) is 4.84.